The predicted molar refractivity (Wildman–Crippen MR) is 135 cm³/mol. The first-order chi connectivity index (χ1) is 17.0. The molecule has 1 fully saturated rings. The van der Waals surface area contributed by atoms with Crippen LogP contribution in [0.5, 0.6) is 11.5 Å². The van der Waals surface area contributed by atoms with Crippen LogP contribution in [0.2, 0.25) is 0 Å². The van der Waals surface area contributed by atoms with E-state index < -0.39 is 17.7 Å². The van der Waals surface area contributed by atoms with Gasteiger partial charge in [0, 0.05) is 25.8 Å². The van der Waals surface area contributed by atoms with Gasteiger partial charge in [0.15, 0.2) is 0 Å². The zero-order chi connectivity index (χ0) is 25.2. The van der Waals surface area contributed by atoms with E-state index >= 15 is 0 Å². The lowest BCUT2D eigenvalue weighted by molar-refractivity contribution is -0.140. The average Bonchev–Trinajstić information content (AvgIpc) is 3.13. The van der Waals surface area contributed by atoms with E-state index in [4.69, 9.17) is 14.2 Å². The minimum Gasteiger partial charge on any atom is -0.507 e. The lowest BCUT2D eigenvalue weighted by Crippen LogP contribution is -2.31. The van der Waals surface area contributed by atoms with Gasteiger partial charge in [0.2, 0.25) is 0 Å². The molecule has 0 aromatic heterocycles. The van der Waals surface area contributed by atoms with Gasteiger partial charge in [0.1, 0.15) is 17.3 Å². The SMILES string of the molecule is CCCCOc1cccc(C2C(=C(O)c3ccc(OCCC)cc3)C(=O)C(=O)N2CCCOC)c1. The van der Waals surface area contributed by atoms with Gasteiger partial charge in [-0.3, -0.25) is 9.59 Å². The van der Waals surface area contributed by atoms with Crippen molar-refractivity contribution in [3.05, 3.63) is 65.2 Å². The van der Waals surface area contributed by atoms with Crippen molar-refractivity contribution in [1.82, 2.24) is 4.90 Å². The van der Waals surface area contributed by atoms with Crippen molar-refractivity contribution >= 4 is 17.4 Å². The zero-order valence-electron chi connectivity index (χ0n) is 20.8. The van der Waals surface area contributed by atoms with Crippen LogP contribution in [0, 0.1) is 0 Å². The number of hydrogen-bond donors (Lipinski definition) is 1. The van der Waals surface area contributed by atoms with E-state index in [-0.39, 0.29) is 11.3 Å². The van der Waals surface area contributed by atoms with Gasteiger partial charge in [-0.25, -0.2) is 0 Å². The molecule has 0 radical (unpaired) electrons. The van der Waals surface area contributed by atoms with Crippen molar-refractivity contribution in [2.24, 2.45) is 0 Å². The van der Waals surface area contributed by atoms with Crippen molar-refractivity contribution in [3.8, 4) is 11.5 Å². The number of hydrogen-bond acceptors (Lipinski definition) is 6. The summed E-state index contributed by atoms with van der Waals surface area (Å²) >= 11 is 0. The van der Waals surface area contributed by atoms with E-state index in [1.807, 2.05) is 31.2 Å². The number of carbonyl (C=O) groups excluding carboxylic acids is 2. The van der Waals surface area contributed by atoms with Crippen molar-refractivity contribution in [3.63, 3.8) is 0 Å². The summed E-state index contributed by atoms with van der Waals surface area (Å²) < 4.78 is 16.6. The Morgan fingerprint density at radius 3 is 2.34 bits per heavy atom. The van der Waals surface area contributed by atoms with E-state index in [2.05, 4.69) is 6.92 Å². The van der Waals surface area contributed by atoms with Crippen molar-refractivity contribution in [2.75, 3.05) is 33.5 Å². The van der Waals surface area contributed by atoms with Gasteiger partial charge in [-0.1, -0.05) is 32.4 Å². The number of Topliss-reactive ketones (excluding diaryl/α,β-unsaturated/α-hetero) is 1. The minimum absolute atomic E-state index is 0.0698. The minimum atomic E-state index is -0.724. The van der Waals surface area contributed by atoms with Gasteiger partial charge in [0.25, 0.3) is 11.7 Å². The summed E-state index contributed by atoms with van der Waals surface area (Å²) in [5, 5.41) is 11.2. The molecule has 1 unspecified atom stereocenters. The van der Waals surface area contributed by atoms with Gasteiger partial charge < -0.3 is 24.2 Å². The normalized spacial score (nSPS) is 17.1. The highest BCUT2D eigenvalue weighted by Gasteiger charge is 2.45. The molecule has 1 atom stereocenters. The molecule has 7 nitrogen and oxygen atoms in total. The van der Waals surface area contributed by atoms with Crippen LogP contribution in [-0.4, -0.2) is 55.2 Å². The fraction of sp³-hybridized carbons (Fsp3) is 0.429. The Morgan fingerprint density at radius 1 is 0.914 bits per heavy atom. The maximum Gasteiger partial charge on any atom is 0.295 e. The number of carbonyl (C=O) groups is 2. The summed E-state index contributed by atoms with van der Waals surface area (Å²) in [6.45, 7) is 6.07. The molecule has 188 valence electrons. The molecule has 1 heterocycles. The van der Waals surface area contributed by atoms with Crippen LogP contribution in [0.15, 0.2) is 54.1 Å². The third-order valence-electron chi connectivity index (χ3n) is 5.83. The summed E-state index contributed by atoms with van der Waals surface area (Å²) in [6, 6.07) is 13.5. The summed E-state index contributed by atoms with van der Waals surface area (Å²) in [4.78, 5) is 27.7. The molecule has 1 N–H and O–H groups in total. The highest BCUT2D eigenvalue weighted by molar-refractivity contribution is 6.46. The summed E-state index contributed by atoms with van der Waals surface area (Å²) in [7, 11) is 1.59. The van der Waals surface area contributed by atoms with Gasteiger partial charge in [-0.2, -0.15) is 0 Å². The van der Waals surface area contributed by atoms with Gasteiger partial charge in [0.05, 0.1) is 24.8 Å². The molecule has 1 aliphatic rings. The lowest BCUT2D eigenvalue weighted by atomic mass is 9.95. The molecule has 0 bridgehead atoms. The molecule has 0 saturated carbocycles. The second kappa shape index (κ2) is 13.0. The number of nitrogens with zero attached hydrogens (tertiary/aromatic N) is 1. The first-order valence-corrected chi connectivity index (χ1v) is 12.2. The number of likely N-dealkylation sites (tertiary alicyclic amines) is 1. The average molecular weight is 482 g/mol. The number of ether oxygens (including phenoxy) is 3. The van der Waals surface area contributed by atoms with Crippen LogP contribution >= 0.6 is 0 Å². The van der Waals surface area contributed by atoms with E-state index in [1.165, 1.54) is 4.90 Å². The third kappa shape index (κ3) is 6.42. The topological polar surface area (TPSA) is 85.3 Å². The Balaban J connectivity index is 2.01. The maximum absolute atomic E-state index is 13.2. The van der Waals surface area contributed by atoms with E-state index in [9.17, 15) is 14.7 Å². The molecule has 1 aliphatic heterocycles. The third-order valence-corrected chi connectivity index (χ3v) is 5.83. The highest BCUT2D eigenvalue weighted by Crippen LogP contribution is 2.40. The standard InChI is InChI=1S/C28H35NO6/c1-4-6-18-35-23-10-7-9-21(19-23)25-24(27(31)28(32)29(25)15-8-17-33-3)26(30)20-11-13-22(14-12-20)34-16-5-2/h7,9-14,19,25,30H,4-6,8,15-18H2,1-3H3. The molecular formula is C28H35NO6. The first-order valence-electron chi connectivity index (χ1n) is 12.2. The second-order valence-corrected chi connectivity index (χ2v) is 8.49. The van der Waals surface area contributed by atoms with Crippen molar-refractivity contribution in [1.29, 1.82) is 0 Å². The number of benzene rings is 2. The van der Waals surface area contributed by atoms with Crippen LogP contribution < -0.4 is 9.47 Å². The molecule has 1 amide bonds. The van der Waals surface area contributed by atoms with Crippen LogP contribution in [-0.2, 0) is 14.3 Å². The quantitative estimate of drug-likeness (QED) is 0.185. The van der Waals surface area contributed by atoms with Crippen LogP contribution in [0.4, 0.5) is 0 Å². The molecule has 0 spiro atoms. The predicted octanol–water partition coefficient (Wildman–Crippen LogP) is 5.11. The number of amides is 1. The summed E-state index contributed by atoms with van der Waals surface area (Å²) in [5.74, 6) is -0.198. The second-order valence-electron chi connectivity index (χ2n) is 8.49. The van der Waals surface area contributed by atoms with Crippen LogP contribution in [0.1, 0.15) is 56.7 Å². The number of ketones is 1. The smallest absolute Gasteiger partial charge is 0.295 e. The Labute approximate surface area is 207 Å². The van der Waals surface area contributed by atoms with Crippen LogP contribution in [0.25, 0.3) is 5.76 Å². The van der Waals surface area contributed by atoms with E-state index in [0.717, 1.165) is 19.3 Å². The number of aliphatic hydroxyl groups excluding tert-OH is 1. The number of rotatable bonds is 13. The molecule has 35 heavy (non-hydrogen) atoms. The van der Waals surface area contributed by atoms with E-state index in [0.29, 0.717) is 55.4 Å². The van der Waals surface area contributed by atoms with Crippen molar-refractivity contribution in [2.45, 2.75) is 45.6 Å². The number of aliphatic hydroxyl groups is 1. The Hall–Kier alpha value is -3.32. The van der Waals surface area contributed by atoms with Crippen LogP contribution in [0.3, 0.4) is 0 Å². The Bertz CT molecular complexity index is 1030. The van der Waals surface area contributed by atoms with E-state index in [1.54, 1.807) is 31.4 Å². The molecule has 0 aliphatic carbocycles. The first kappa shape index (κ1) is 26.3. The number of unbranched alkanes of at least 4 members (excludes halogenated alkanes) is 1. The Morgan fingerprint density at radius 2 is 1.66 bits per heavy atom. The zero-order valence-corrected chi connectivity index (χ0v) is 20.8. The molecule has 2 aromatic rings. The Kier molecular flexibility index (Phi) is 9.73. The highest BCUT2D eigenvalue weighted by atomic mass is 16.5. The number of methoxy groups -OCH3 is 1. The van der Waals surface area contributed by atoms with Gasteiger partial charge >= 0.3 is 0 Å². The molecule has 1 saturated heterocycles. The molecule has 2 aromatic carbocycles. The summed E-state index contributed by atoms with van der Waals surface area (Å²) in [6.07, 6.45) is 3.39. The maximum atomic E-state index is 13.2. The fourth-order valence-corrected chi connectivity index (χ4v) is 4.03. The van der Waals surface area contributed by atoms with Gasteiger partial charge in [-0.05, 0) is 61.2 Å². The molecule has 3 rings (SSSR count). The fourth-order valence-electron chi connectivity index (χ4n) is 4.03. The largest absolute Gasteiger partial charge is 0.507 e. The van der Waals surface area contributed by atoms with Gasteiger partial charge in [-0.15, -0.1) is 0 Å². The summed E-state index contributed by atoms with van der Waals surface area (Å²) in [5.41, 5.74) is 1.23. The van der Waals surface area contributed by atoms with Crippen molar-refractivity contribution < 1.29 is 28.9 Å². The lowest BCUT2D eigenvalue weighted by Gasteiger charge is -2.25. The molecular weight excluding hydrogens is 446 g/mol. The molecule has 7 heteroatoms. The monoisotopic (exact) mass is 481 g/mol.